The highest BCUT2D eigenvalue weighted by Crippen LogP contribution is 2.32. The molecule has 3 rings (SSSR count). The summed E-state index contributed by atoms with van der Waals surface area (Å²) in [6.45, 7) is 3.19. The number of hydrogen-bond donors (Lipinski definition) is 0. The maximum atomic E-state index is 12.3. The average Bonchev–Trinajstić information content (AvgIpc) is 2.89. The summed E-state index contributed by atoms with van der Waals surface area (Å²) in [5, 5.41) is 0. The smallest absolute Gasteiger partial charge is 0.223 e. The number of rotatable bonds is 6. The highest BCUT2D eigenvalue weighted by atomic mass is 16.5. The van der Waals surface area contributed by atoms with Crippen molar-refractivity contribution in [3.8, 4) is 0 Å². The van der Waals surface area contributed by atoms with E-state index in [0.717, 1.165) is 30.6 Å². The van der Waals surface area contributed by atoms with Crippen LogP contribution in [0.4, 0.5) is 0 Å². The summed E-state index contributed by atoms with van der Waals surface area (Å²) in [7, 11) is 0. The van der Waals surface area contributed by atoms with E-state index in [4.69, 9.17) is 4.74 Å². The highest BCUT2D eigenvalue weighted by Gasteiger charge is 2.34. The Labute approximate surface area is 143 Å². The lowest BCUT2D eigenvalue weighted by molar-refractivity contribution is -0.129. The number of amides is 1. The van der Waals surface area contributed by atoms with Gasteiger partial charge in [-0.1, -0.05) is 30.3 Å². The van der Waals surface area contributed by atoms with Gasteiger partial charge in [-0.25, -0.2) is 0 Å². The molecule has 128 valence electrons. The van der Waals surface area contributed by atoms with Gasteiger partial charge in [0.1, 0.15) is 0 Å². The number of carbonyl (C=O) groups is 2. The molecule has 1 heterocycles. The molecule has 0 saturated carbocycles. The molecule has 4 heteroatoms. The van der Waals surface area contributed by atoms with E-state index in [1.54, 1.807) is 6.08 Å². The van der Waals surface area contributed by atoms with Gasteiger partial charge in [0.15, 0.2) is 5.78 Å². The minimum atomic E-state index is 0.147. The molecule has 1 amide bonds. The Morgan fingerprint density at radius 3 is 2.71 bits per heavy atom. The number of benzene rings is 1. The Hall–Kier alpha value is -2.10. The van der Waals surface area contributed by atoms with E-state index in [1.807, 2.05) is 30.0 Å². The first kappa shape index (κ1) is 16.7. The molecule has 1 saturated heterocycles. The molecule has 1 aliphatic heterocycles. The summed E-state index contributed by atoms with van der Waals surface area (Å²) in [4.78, 5) is 26.2. The second-order valence-corrected chi connectivity index (χ2v) is 6.72. The number of likely N-dealkylation sites (tertiary alicyclic amines) is 1. The normalized spacial score (nSPS) is 24.2. The summed E-state index contributed by atoms with van der Waals surface area (Å²) in [5.41, 5.74) is 1.16. The molecule has 0 unspecified atom stereocenters. The molecule has 4 nitrogen and oxygen atoms in total. The quantitative estimate of drug-likeness (QED) is 0.804. The van der Waals surface area contributed by atoms with Crippen LogP contribution in [0, 0.1) is 5.92 Å². The summed E-state index contributed by atoms with van der Waals surface area (Å²) in [6, 6.07) is 10.3. The average molecular weight is 327 g/mol. The van der Waals surface area contributed by atoms with Crippen LogP contribution < -0.4 is 0 Å². The van der Waals surface area contributed by atoms with Crippen molar-refractivity contribution in [2.75, 3.05) is 6.61 Å². The van der Waals surface area contributed by atoms with Gasteiger partial charge in [-0.2, -0.15) is 0 Å². The molecule has 24 heavy (non-hydrogen) atoms. The number of ether oxygens (including phenoxy) is 1. The first-order chi connectivity index (χ1) is 11.7. The van der Waals surface area contributed by atoms with Gasteiger partial charge in [-0.05, 0) is 31.2 Å². The molecule has 2 atom stereocenters. The zero-order valence-corrected chi connectivity index (χ0v) is 14.2. The van der Waals surface area contributed by atoms with Crippen molar-refractivity contribution in [2.45, 2.75) is 51.6 Å². The lowest BCUT2D eigenvalue weighted by Gasteiger charge is -2.30. The third kappa shape index (κ3) is 4.05. The molecule has 2 aliphatic rings. The minimum Gasteiger partial charge on any atom is -0.498 e. The van der Waals surface area contributed by atoms with Gasteiger partial charge >= 0.3 is 0 Å². The topological polar surface area (TPSA) is 46.6 Å². The molecule has 0 spiro atoms. The van der Waals surface area contributed by atoms with Crippen LogP contribution in [0.5, 0.6) is 0 Å². The highest BCUT2D eigenvalue weighted by molar-refractivity contribution is 5.91. The molecule has 1 aliphatic carbocycles. The Morgan fingerprint density at radius 1 is 1.17 bits per heavy atom. The van der Waals surface area contributed by atoms with Crippen molar-refractivity contribution in [1.29, 1.82) is 0 Å². The predicted octanol–water partition coefficient (Wildman–Crippen LogP) is 3.47. The number of ketones is 1. The Morgan fingerprint density at radius 2 is 1.96 bits per heavy atom. The standard InChI is InChI=1S/C20H25NO3/c1-2-24-19-12-16(11-18(22)13-19)10-17-8-9-20(23)21(17)14-15-6-4-3-5-7-15/h3-7,13,16-17H,2,8-12,14H2,1H3/t16-,17+/m1/s1. The van der Waals surface area contributed by atoms with Crippen molar-refractivity contribution < 1.29 is 14.3 Å². The van der Waals surface area contributed by atoms with E-state index >= 15 is 0 Å². The molecule has 0 aromatic heterocycles. The minimum absolute atomic E-state index is 0.147. The van der Waals surface area contributed by atoms with Gasteiger partial charge < -0.3 is 9.64 Å². The number of nitrogens with zero attached hydrogens (tertiary/aromatic N) is 1. The van der Waals surface area contributed by atoms with E-state index in [1.165, 1.54) is 0 Å². The molecular weight excluding hydrogens is 302 g/mol. The largest absolute Gasteiger partial charge is 0.498 e. The van der Waals surface area contributed by atoms with Gasteiger partial charge in [0.05, 0.1) is 12.4 Å². The lowest BCUT2D eigenvalue weighted by Crippen LogP contribution is -2.34. The van der Waals surface area contributed by atoms with E-state index in [-0.39, 0.29) is 23.7 Å². The van der Waals surface area contributed by atoms with Gasteiger partial charge in [0.25, 0.3) is 0 Å². The van der Waals surface area contributed by atoms with Crippen LogP contribution in [0.15, 0.2) is 42.2 Å². The summed E-state index contributed by atoms with van der Waals surface area (Å²) >= 11 is 0. The molecular formula is C20H25NO3. The van der Waals surface area contributed by atoms with Crippen LogP contribution in [0.1, 0.15) is 44.6 Å². The fourth-order valence-electron chi connectivity index (χ4n) is 3.81. The van der Waals surface area contributed by atoms with Gasteiger partial charge in [-0.15, -0.1) is 0 Å². The third-order valence-electron chi connectivity index (χ3n) is 4.89. The molecule has 1 aromatic rings. The maximum Gasteiger partial charge on any atom is 0.223 e. The molecule has 0 bridgehead atoms. The first-order valence-corrected chi connectivity index (χ1v) is 8.85. The molecule has 0 N–H and O–H groups in total. The van der Waals surface area contributed by atoms with Crippen molar-refractivity contribution in [2.24, 2.45) is 5.92 Å². The molecule has 0 radical (unpaired) electrons. The second kappa shape index (κ2) is 7.65. The number of hydrogen-bond acceptors (Lipinski definition) is 3. The monoisotopic (exact) mass is 327 g/mol. The van der Waals surface area contributed by atoms with Gasteiger partial charge in [0, 0.05) is 37.9 Å². The van der Waals surface area contributed by atoms with E-state index in [2.05, 4.69) is 12.1 Å². The fraction of sp³-hybridized carbons (Fsp3) is 0.500. The first-order valence-electron chi connectivity index (χ1n) is 8.85. The van der Waals surface area contributed by atoms with Crippen LogP contribution in [0.2, 0.25) is 0 Å². The lowest BCUT2D eigenvalue weighted by atomic mass is 9.86. The zero-order chi connectivity index (χ0) is 16.9. The number of carbonyl (C=O) groups excluding carboxylic acids is 2. The fourth-order valence-corrected chi connectivity index (χ4v) is 3.81. The Balaban J connectivity index is 1.64. The van der Waals surface area contributed by atoms with Crippen LogP contribution in [0.25, 0.3) is 0 Å². The molecule has 1 aromatic carbocycles. The van der Waals surface area contributed by atoms with Crippen molar-refractivity contribution in [3.63, 3.8) is 0 Å². The summed E-state index contributed by atoms with van der Waals surface area (Å²) < 4.78 is 5.55. The summed E-state index contributed by atoms with van der Waals surface area (Å²) in [5.74, 6) is 1.45. The van der Waals surface area contributed by atoms with Crippen LogP contribution >= 0.6 is 0 Å². The van der Waals surface area contributed by atoms with Crippen molar-refractivity contribution in [1.82, 2.24) is 4.90 Å². The van der Waals surface area contributed by atoms with Crippen LogP contribution in [-0.4, -0.2) is 29.2 Å². The third-order valence-corrected chi connectivity index (χ3v) is 4.89. The van der Waals surface area contributed by atoms with E-state index < -0.39 is 0 Å². The molecule has 1 fully saturated rings. The van der Waals surface area contributed by atoms with E-state index in [0.29, 0.717) is 26.0 Å². The van der Waals surface area contributed by atoms with Gasteiger partial charge in [-0.3, -0.25) is 9.59 Å². The van der Waals surface area contributed by atoms with Crippen LogP contribution in [0.3, 0.4) is 0 Å². The number of allylic oxidation sites excluding steroid dienone is 2. The van der Waals surface area contributed by atoms with E-state index in [9.17, 15) is 9.59 Å². The SMILES string of the molecule is CCOC1=CC(=O)C[C@@H](C[C@@H]2CCC(=O)N2Cc2ccccc2)C1. The Bertz CT molecular complexity index is 623. The maximum absolute atomic E-state index is 12.3. The van der Waals surface area contributed by atoms with Gasteiger partial charge in [0.2, 0.25) is 5.91 Å². The van der Waals surface area contributed by atoms with Crippen molar-refractivity contribution in [3.05, 3.63) is 47.7 Å². The predicted molar refractivity (Wildman–Crippen MR) is 92.1 cm³/mol. The van der Waals surface area contributed by atoms with Crippen molar-refractivity contribution >= 4 is 11.7 Å². The van der Waals surface area contributed by atoms with Crippen LogP contribution in [-0.2, 0) is 20.9 Å². The zero-order valence-electron chi connectivity index (χ0n) is 14.2. The summed E-state index contributed by atoms with van der Waals surface area (Å²) in [6.07, 6.45) is 5.41. The Kier molecular flexibility index (Phi) is 5.34. The second-order valence-electron chi connectivity index (χ2n) is 6.72.